The van der Waals surface area contributed by atoms with E-state index in [1.807, 2.05) is 30.3 Å². The van der Waals surface area contributed by atoms with Crippen LogP contribution in [0.3, 0.4) is 0 Å². The molecule has 9 heteroatoms. The Morgan fingerprint density at radius 1 is 1.00 bits per heavy atom. The summed E-state index contributed by atoms with van der Waals surface area (Å²) in [5.41, 5.74) is 2.68. The molecule has 1 N–H and O–H groups in total. The van der Waals surface area contributed by atoms with Gasteiger partial charge >= 0.3 is 0 Å². The molecule has 3 aromatic carbocycles. The molecule has 0 bridgehead atoms. The third kappa shape index (κ3) is 4.66. The minimum Gasteiger partial charge on any atom is -0.497 e. The lowest BCUT2D eigenvalue weighted by molar-refractivity contribution is 0.102. The molecular weight excluding hydrogens is 473 g/mol. The van der Waals surface area contributed by atoms with Gasteiger partial charge in [-0.3, -0.25) is 4.79 Å². The van der Waals surface area contributed by atoms with Gasteiger partial charge in [-0.1, -0.05) is 18.2 Å². The number of aromatic nitrogens is 4. The van der Waals surface area contributed by atoms with Gasteiger partial charge in [0.05, 0.1) is 31.2 Å². The number of amides is 1. The standard InChI is InChI=1S/C28H24FN5O3/c1-18-30-13-14-33(18)25-11-9-19(15-24(25)29)31-28(35)23-17-34(20-7-5-4-6-8-20)32-27(23)22-16-21(36-2)10-12-26(22)37-3/h4-17H,1-3H3,(H,31,35). The van der Waals surface area contributed by atoms with Crippen LogP contribution in [-0.4, -0.2) is 39.5 Å². The summed E-state index contributed by atoms with van der Waals surface area (Å²) in [5, 5.41) is 7.51. The number of carbonyl (C=O) groups is 1. The Balaban J connectivity index is 1.55. The van der Waals surface area contributed by atoms with Crippen molar-refractivity contribution in [1.29, 1.82) is 0 Å². The predicted octanol–water partition coefficient (Wildman–Crippen LogP) is 5.44. The maximum absolute atomic E-state index is 15.0. The van der Waals surface area contributed by atoms with Crippen molar-refractivity contribution in [2.45, 2.75) is 6.92 Å². The average molecular weight is 498 g/mol. The maximum Gasteiger partial charge on any atom is 0.259 e. The molecule has 0 saturated carbocycles. The summed E-state index contributed by atoms with van der Waals surface area (Å²) in [6.45, 7) is 1.79. The maximum atomic E-state index is 15.0. The Labute approximate surface area is 212 Å². The van der Waals surface area contributed by atoms with Gasteiger partial charge in [-0.2, -0.15) is 5.10 Å². The molecule has 0 aliphatic rings. The molecule has 1 amide bonds. The SMILES string of the molecule is COc1ccc(OC)c(-c2nn(-c3ccccc3)cc2C(=O)Nc2ccc(-n3ccnc3C)c(F)c2)c1. The van der Waals surface area contributed by atoms with Crippen LogP contribution in [-0.2, 0) is 0 Å². The number of imidazole rings is 1. The Hall–Kier alpha value is -4.92. The lowest BCUT2D eigenvalue weighted by atomic mass is 10.1. The molecule has 0 aliphatic carbocycles. The zero-order chi connectivity index (χ0) is 25.9. The van der Waals surface area contributed by atoms with Gasteiger partial charge in [0.1, 0.15) is 28.8 Å². The van der Waals surface area contributed by atoms with Gasteiger partial charge in [-0.15, -0.1) is 0 Å². The van der Waals surface area contributed by atoms with E-state index in [4.69, 9.17) is 14.6 Å². The molecular formula is C28H24FN5O3. The van der Waals surface area contributed by atoms with E-state index in [1.54, 1.807) is 79.3 Å². The van der Waals surface area contributed by atoms with Gasteiger partial charge in [0.15, 0.2) is 0 Å². The normalized spacial score (nSPS) is 10.8. The van der Waals surface area contributed by atoms with Crippen molar-refractivity contribution in [1.82, 2.24) is 19.3 Å². The number of ether oxygens (including phenoxy) is 2. The molecule has 2 heterocycles. The first-order valence-electron chi connectivity index (χ1n) is 11.5. The summed E-state index contributed by atoms with van der Waals surface area (Å²) in [4.78, 5) is 17.6. The van der Waals surface area contributed by atoms with Crippen molar-refractivity contribution < 1.29 is 18.7 Å². The van der Waals surface area contributed by atoms with Crippen molar-refractivity contribution >= 4 is 11.6 Å². The number of carbonyl (C=O) groups excluding carboxylic acids is 1. The van der Waals surface area contributed by atoms with Crippen LogP contribution in [0.25, 0.3) is 22.6 Å². The van der Waals surface area contributed by atoms with Crippen LogP contribution in [0.1, 0.15) is 16.2 Å². The molecule has 37 heavy (non-hydrogen) atoms. The Morgan fingerprint density at radius 2 is 1.81 bits per heavy atom. The van der Waals surface area contributed by atoms with Crippen LogP contribution in [0.2, 0.25) is 0 Å². The van der Waals surface area contributed by atoms with Crippen molar-refractivity contribution in [3.05, 3.63) is 103 Å². The third-order valence-corrected chi connectivity index (χ3v) is 5.93. The Bertz CT molecular complexity index is 1580. The molecule has 8 nitrogen and oxygen atoms in total. The third-order valence-electron chi connectivity index (χ3n) is 5.93. The molecule has 0 saturated heterocycles. The average Bonchev–Trinajstić information content (AvgIpc) is 3.56. The number of methoxy groups -OCH3 is 2. The molecule has 0 fully saturated rings. The van der Waals surface area contributed by atoms with Crippen molar-refractivity contribution in [3.8, 4) is 34.1 Å². The summed E-state index contributed by atoms with van der Waals surface area (Å²) >= 11 is 0. The topological polar surface area (TPSA) is 83.2 Å². The van der Waals surface area contributed by atoms with Gasteiger partial charge in [0.2, 0.25) is 0 Å². The number of para-hydroxylation sites is 1. The first-order chi connectivity index (χ1) is 18.0. The summed E-state index contributed by atoms with van der Waals surface area (Å²) in [5.74, 6) is 0.825. The number of nitrogens with one attached hydrogen (secondary N) is 1. The van der Waals surface area contributed by atoms with Crippen molar-refractivity contribution in [2.24, 2.45) is 0 Å². The highest BCUT2D eigenvalue weighted by Gasteiger charge is 2.22. The summed E-state index contributed by atoms with van der Waals surface area (Å²) in [6.07, 6.45) is 4.92. The van der Waals surface area contributed by atoms with Crippen LogP contribution in [0, 0.1) is 12.7 Å². The van der Waals surface area contributed by atoms with E-state index in [9.17, 15) is 9.18 Å². The van der Waals surface area contributed by atoms with Crippen LogP contribution in [0.4, 0.5) is 10.1 Å². The highest BCUT2D eigenvalue weighted by molar-refractivity contribution is 6.08. The van der Waals surface area contributed by atoms with E-state index in [1.165, 1.54) is 6.07 Å². The van der Waals surface area contributed by atoms with Crippen LogP contribution in [0.15, 0.2) is 85.3 Å². The number of nitrogens with zero attached hydrogens (tertiary/aromatic N) is 4. The first kappa shape index (κ1) is 23.8. The predicted molar refractivity (Wildman–Crippen MR) is 138 cm³/mol. The van der Waals surface area contributed by atoms with Gasteiger partial charge < -0.3 is 19.4 Å². The van der Waals surface area contributed by atoms with E-state index in [-0.39, 0.29) is 5.56 Å². The molecule has 0 radical (unpaired) electrons. The van der Waals surface area contributed by atoms with Crippen molar-refractivity contribution in [2.75, 3.05) is 19.5 Å². The lowest BCUT2D eigenvalue weighted by Crippen LogP contribution is -2.13. The van der Waals surface area contributed by atoms with Crippen LogP contribution >= 0.6 is 0 Å². The largest absolute Gasteiger partial charge is 0.497 e. The number of halogens is 1. The molecule has 0 aliphatic heterocycles. The van der Waals surface area contributed by atoms with E-state index < -0.39 is 11.7 Å². The number of hydrogen-bond donors (Lipinski definition) is 1. The second-order valence-electron chi connectivity index (χ2n) is 8.20. The van der Waals surface area contributed by atoms with Gasteiger partial charge in [-0.05, 0) is 55.5 Å². The van der Waals surface area contributed by atoms with Crippen molar-refractivity contribution in [3.63, 3.8) is 0 Å². The molecule has 5 aromatic rings. The zero-order valence-electron chi connectivity index (χ0n) is 20.5. The highest BCUT2D eigenvalue weighted by atomic mass is 19.1. The summed E-state index contributed by atoms with van der Waals surface area (Å²) in [7, 11) is 3.11. The quantitative estimate of drug-likeness (QED) is 0.324. The Kier molecular flexibility index (Phi) is 6.42. The number of benzene rings is 3. The van der Waals surface area contributed by atoms with E-state index in [0.29, 0.717) is 40.0 Å². The van der Waals surface area contributed by atoms with Crippen LogP contribution < -0.4 is 14.8 Å². The smallest absolute Gasteiger partial charge is 0.259 e. The van der Waals surface area contributed by atoms with Gasteiger partial charge in [0, 0.05) is 29.8 Å². The van der Waals surface area contributed by atoms with E-state index in [2.05, 4.69) is 10.3 Å². The van der Waals surface area contributed by atoms with E-state index >= 15 is 0 Å². The second kappa shape index (κ2) is 9.98. The lowest BCUT2D eigenvalue weighted by Gasteiger charge is -2.11. The minimum absolute atomic E-state index is 0.283. The molecule has 0 unspecified atom stereocenters. The molecule has 186 valence electrons. The van der Waals surface area contributed by atoms with Gasteiger partial charge in [0.25, 0.3) is 5.91 Å². The molecule has 0 atom stereocenters. The minimum atomic E-state index is -0.492. The fourth-order valence-electron chi connectivity index (χ4n) is 4.06. The fourth-order valence-corrected chi connectivity index (χ4v) is 4.06. The highest BCUT2D eigenvalue weighted by Crippen LogP contribution is 2.35. The molecule has 5 rings (SSSR count). The fraction of sp³-hybridized carbons (Fsp3) is 0.107. The zero-order valence-corrected chi connectivity index (χ0v) is 20.5. The van der Waals surface area contributed by atoms with E-state index in [0.717, 1.165) is 5.69 Å². The second-order valence-corrected chi connectivity index (χ2v) is 8.20. The Morgan fingerprint density at radius 3 is 2.49 bits per heavy atom. The number of anilines is 1. The van der Waals surface area contributed by atoms with Gasteiger partial charge in [-0.25, -0.2) is 14.1 Å². The number of rotatable bonds is 7. The number of hydrogen-bond acceptors (Lipinski definition) is 5. The monoisotopic (exact) mass is 497 g/mol. The number of aryl methyl sites for hydroxylation is 1. The molecule has 0 spiro atoms. The summed E-state index contributed by atoms with van der Waals surface area (Å²) in [6, 6.07) is 19.2. The molecule has 2 aromatic heterocycles. The summed E-state index contributed by atoms with van der Waals surface area (Å²) < 4.78 is 29.1. The van der Waals surface area contributed by atoms with Crippen LogP contribution in [0.5, 0.6) is 11.5 Å². The first-order valence-corrected chi connectivity index (χ1v) is 11.5.